The third-order valence-corrected chi connectivity index (χ3v) is 6.92. The van der Waals surface area contributed by atoms with Gasteiger partial charge in [-0.1, -0.05) is 6.58 Å². The zero-order chi connectivity index (χ0) is 28.0. The Balaban J connectivity index is 1.63. The Morgan fingerprint density at radius 2 is 1.49 bits per heavy atom. The van der Waals surface area contributed by atoms with Gasteiger partial charge in [0, 0.05) is 12.0 Å². The van der Waals surface area contributed by atoms with Gasteiger partial charge in [0.05, 0.1) is 5.60 Å². The molecule has 4 bridgehead atoms. The largest absolute Gasteiger partial charge is 0.460 e. The smallest absolute Gasteiger partial charge is 0.457 e. The van der Waals surface area contributed by atoms with Crippen LogP contribution in [0.15, 0.2) is 12.2 Å². The van der Waals surface area contributed by atoms with Crippen LogP contribution in [0.5, 0.6) is 0 Å². The van der Waals surface area contributed by atoms with Crippen LogP contribution in [0.1, 0.15) is 52.4 Å². The Labute approximate surface area is 207 Å². The van der Waals surface area contributed by atoms with E-state index < -0.39 is 66.4 Å². The van der Waals surface area contributed by atoms with Gasteiger partial charge in [-0.05, 0) is 57.8 Å². The Hall–Kier alpha value is -2.38. The van der Waals surface area contributed by atoms with Crippen molar-refractivity contribution in [2.75, 3.05) is 13.2 Å². The van der Waals surface area contributed by atoms with E-state index in [1.165, 1.54) is 6.92 Å². The van der Waals surface area contributed by atoms with Crippen molar-refractivity contribution < 1.29 is 64.1 Å². The number of esters is 3. The Bertz CT molecular complexity index is 932. The number of carbonyl (C=O) groups is 3. The minimum atomic E-state index is -6.54. The third-order valence-electron chi connectivity index (χ3n) is 6.92. The lowest BCUT2D eigenvalue weighted by Gasteiger charge is -2.60. The topological polar surface area (TPSA) is 88.1 Å². The van der Waals surface area contributed by atoms with Gasteiger partial charge in [-0.2, -0.15) is 30.7 Å². The maximum absolute atomic E-state index is 13.5. The summed E-state index contributed by atoms with van der Waals surface area (Å²) in [6.07, 6.45) is -5.33. The van der Waals surface area contributed by atoms with Crippen LogP contribution in [0, 0.1) is 11.8 Å². The lowest BCUT2D eigenvalue weighted by molar-refractivity contribution is -0.360. The van der Waals surface area contributed by atoms with E-state index in [2.05, 4.69) is 11.3 Å². The van der Waals surface area contributed by atoms with E-state index in [-0.39, 0.29) is 23.8 Å². The van der Waals surface area contributed by atoms with Gasteiger partial charge in [0.25, 0.3) is 0 Å². The summed E-state index contributed by atoms with van der Waals surface area (Å²) < 4.78 is 110. The molecule has 0 amide bonds. The molecular formula is C23H27F7O7. The molecule has 4 aliphatic rings. The molecule has 0 spiro atoms. The summed E-state index contributed by atoms with van der Waals surface area (Å²) in [6, 6.07) is 0. The normalized spacial score (nSPS) is 30.0. The fraction of sp³-hybridized carbons (Fsp3) is 0.783. The molecule has 0 heterocycles. The molecule has 7 nitrogen and oxygen atoms in total. The van der Waals surface area contributed by atoms with E-state index in [0.29, 0.717) is 25.7 Å². The first-order chi connectivity index (χ1) is 16.8. The summed E-state index contributed by atoms with van der Waals surface area (Å²) in [6.45, 7) is 2.78. The molecule has 0 aromatic carbocycles. The lowest BCUT2D eigenvalue weighted by Crippen LogP contribution is -2.62. The van der Waals surface area contributed by atoms with Crippen LogP contribution in [0.25, 0.3) is 0 Å². The van der Waals surface area contributed by atoms with E-state index >= 15 is 0 Å². The minimum absolute atomic E-state index is 0.0325. The second-order valence-corrected chi connectivity index (χ2v) is 10.3. The van der Waals surface area contributed by atoms with Gasteiger partial charge < -0.3 is 18.9 Å². The molecule has 0 aromatic heterocycles. The van der Waals surface area contributed by atoms with Gasteiger partial charge in [-0.15, -0.1) is 0 Å². The fourth-order valence-corrected chi connectivity index (χ4v) is 5.87. The molecular weight excluding hydrogens is 521 g/mol. The molecule has 0 aliphatic heterocycles. The van der Waals surface area contributed by atoms with Crippen molar-refractivity contribution in [3.63, 3.8) is 0 Å². The van der Waals surface area contributed by atoms with Crippen LogP contribution in [-0.4, -0.2) is 66.4 Å². The van der Waals surface area contributed by atoms with E-state index in [9.17, 15) is 45.1 Å². The predicted octanol–water partition coefficient (Wildman–Crippen LogP) is 4.52. The zero-order valence-electron chi connectivity index (χ0n) is 20.1. The van der Waals surface area contributed by atoms with Crippen LogP contribution in [-0.2, 0) is 33.3 Å². The molecule has 0 saturated heterocycles. The van der Waals surface area contributed by atoms with Crippen molar-refractivity contribution in [3.05, 3.63) is 12.2 Å². The van der Waals surface area contributed by atoms with Gasteiger partial charge >= 0.3 is 35.9 Å². The lowest BCUT2D eigenvalue weighted by atomic mass is 9.52. The highest BCUT2D eigenvalue weighted by Gasteiger charge is 2.73. The average molecular weight is 548 g/mol. The summed E-state index contributed by atoms with van der Waals surface area (Å²) >= 11 is 0. The van der Waals surface area contributed by atoms with Crippen molar-refractivity contribution in [2.45, 2.75) is 87.7 Å². The number of halogens is 7. The van der Waals surface area contributed by atoms with Crippen LogP contribution in [0.2, 0.25) is 0 Å². The summed E-state index contributed by atoms with van der Waals surface area (Å²) in [4.78, 5) is 36.1. The molecule has 3 unspecified atom stereocenters. The van der Waals surface area contributed by atoms with Crippen molar-refractivity contribution in [1.29, 1.82) is 0 Å². The Morgan fingerprint density at radius 1 is 0.946 bits per heavy atom. The van der Waals surface area contributed by atoms with E-state index in [1.54, 1.807) is 0 Å². The van der Waals surface area contributed by atoms with Crippen molar-refractivity contribution in [3.8, 4) is 0 Å². The second-order valence-electron chi connectivity index (χ2n) is 10.3. The summed E-state index contributed by atoms with van der Waals surface area (Å²) in [5.41, 5.74) is -1.92. The highest BCUT2D eigenvalue weighted by Crippen LogP contribution is 2.60. The van der Waals surface area contributed by atoms with E-state index in [1.807, 2.05) is 0 Å². The fourth-order valence-electron chi connectivity index (χ4n) is 5.87. The molecule has 210 valence electrons. The molecule has 0 aromatic rings. The first kappa shape index (κ1) is 29.2. The highest BCUT2D eigenvalue weighted by molar-refractivity contribution is 5.88. The number of hydrogen-bond donors (Lipinski definition) is 0. The Morgan fingerprint density at radius 3 is 2.00 bits per heavy atom. The monoisotopic (exact) mass is 548 g/mol. The summed E-state index contributed by atoms with van der Waals surface area (Å²) in [5, 5.41) is 0. The van der Waals surface area contributed by atoms with Crippen LogP contribution in [0.3, 0.4) is 0 Å². The Kier molecular flexibility index (Phi) is 7.68. The maximum atomic E-state index is 13.5. The number of rotatable bonds is 10. The number of carbonyl (C=O) groups excluding carboxylic acids is 3. The van der Waals surface area contributed by atoms with Crippen molar-refractivity contribution >= 4 is 17.9 Å². The standard InChI is InChI=1S/C23H27F7O7/c1-12(2)17(32)34-9-16(31)37-20-7-14-4-15(8-20)6-19(5-14,10-20)36-13(3)18(33)35-11-21(24,25)22(26,27)23(28,29)30/h13-15H,1,4-11H2,2-3H3. The highest BCUT2D eigenvalue weighted by atomic mass is 19.4. The SMILES string of the molecule is C=C(C)C(=O)OCC(=O)OC12CC3CC(C1)CC(OC(C)C(=O)OCC(F)(F)C(F)(F)C(F)(F)F)(C3)C2. The van der Waals surface area contributed by atoms with Crippen LogP contribution < -0.4 is 0 Å². The number of alkyl halides is 7. The molecule has 0 radical (unpaired) electrons. The molecule has 37 heavy (non-hydrogen) atoms. The van der Waals surface area contributed by atoms with E-state index in [0.717, 1.165) is 13.3 Å². The van der Waals surface area contributed by atoms with Crippen molar-refractivity contribution in [2.24, 2.45) is 11.8 Å². The molecule has 3 atom stereocenters. The number of ether oxygens (including phenoxy) is 4. The van der Waals surface area contributed by atoms with E-state index in [4.69, 9.17) is 14.2 Å². The van der Waals surface area contributed by atoms with Crippen LogP contribution in [0.4, 0.5) is 30.7 Å². The second kappa shape index (κ2) is 9.73. The van der Waals surface area contributed by atoms with Gasteiger partial charge in [0.15, 0.2) is 19.3 Å². The predicted molar refractivity (Wildman–Crippen MR) is 109 cm³/mol. The summed E-state index contributed by atoms with van der Waals surface area (Å²) in [5.74, 6) is -15.1. The molecule has 4 rings (SSSR count). The first-order valence-electron chi connectivity index (χ1n) is 11.5. The molecule has 14 heteroatoms. The molecule has 4 aliphatic carbocycles. The first-order valence-corrected chi connectivity index (χ1v) is 11.5. The number of hydrogen-bond acceptors (Lipinski definition) is 7. The van der Waals surface area contributed by atoms with Crippen molar-refractivity contribution in [1.82, 2.24) is 0 Å². The maximum Gasteiger partial charge on any atom is 0.460 e. The van der Waals surface area contributed by atoms with Crippen LogP contribution >= 0.6 is 0 Å². The molecule has 4 fully saturated rings. The zero-order valence-corrected chi connectivity index (χ0v) is 20.1. The minimum Gasteiger partial charge on any atom is -0.457 e. The third kappa shape index (κ3) is 6.04. The summed E-state index contributed by atoms with van der Waals surface area (Å²) in [7, 11) is 0. The molecule has 0 N–H and O–H groups in total. The quantitative estimate of drug-likeness (QED) is 0.172. The van der Waals surface area contributed by atoms with Gasteiger partial charge in [0.1, 0.15) is 5.60 Å². The molecule has 4 saturated carbocycles. The van der Waals surface area contributed by atoms with Gasteiger partial charge in [0.2, 0.25) is 0 Å². The average Bonchev–Trinajstić information content (AvgIpc) is 2.73. The van der Waals surface area contributed by atoms with Gasteiger partial charge in [-0.25, -0.2) is 14.4 Å². The van der Waals surface area contributed by atoms with Gasteiger partial charge in [-0.3, -0.25) is 0 Å².